The fourth-order valence-corrected chi connectivity index (χ4v) is 7.28. The molecule has 0 N–H and O–H groups in total. The number of ketones is 1. The smallest absolute Gasteiger partial charge is 0.410 e. The van der Waals surface area contributed by atoms with E-state index < -0.39 is 0 Å². The Morgan fingerprint density at radius 3 is 2.07 bits per heavy atom. The van der Waals surface area contributed by atoms with Gasteiger partial charge in [-0.15, -0.1) is 0 Å². The lowest BCUT2D eigenvalue weighted by atomic mass is 9.76. The maximum Gasteiger partial charge on any atom is 0.410 e. The number of piperidine rings is 2. The summed E-state index contributed by atoms with van der Waals surface area (Å²) in [4.78, 5) is 29.2. The number of carbonyl (C=O) groups is 2. The minimum absolute atomic E-state index is 0.0274. The van der Waals surface area contributed by atoms with E-state index >= 15 is 0 Å². The molecule has 0 radical (unpaired) electrons. The first-order valence-electron chi connectivity index (χ1n) is 15.1. The van der Waals surface area contributed by atoms with E-state index in [1.807, 2.05) is 59.5 Å². The van der Waals surface area contributed by atoms with Crippen molar-refractivity contribution in [2.45, 2.75) is 56.7 Å². The summed E-state index contributed by atoms with van der Waals surface area (Å²) in [6.45, 7) is 0.780. The summed E-state index contributed by atoms with van der Waals surface area (Å²) >= 11 is 0. The predicted molar refractivity (Wildman–Crippen MR) is 163 cm³/mol. The van der Waals surface area contributed by atoms with Crippen LogP contribution in [0, 0.1) is 5.92 Å². The van der Waals surface area contributed by atoms with E-state index in [-0.39, 0.29) is 35.8 Å². The summed E-state index contributed by atoms with van der Waals surface area (Å²) < 4.78 is 12.0. The number of amides is 1. The Labute approximate surface area is 247 Å². The maximum atomic E-state index is 13.7. The molecule has 2 saturated heterocycles. The largest absolute Gasteiger partial charge is 0.489 e. The topological polar surface area (TPSA) is 55.8 Å². The number of hydrogen-bond donors (Lipinski definition) is 0. The van der Waals surface area contributed by atoms with Crippen LogP contribution in [-0.2, 0) is 11.3 Å². The first-order valence-corrected chi connectivity index (χ1v) is 15.1. The molecule has 2 heterocycles. The van der Waals surface area contributed by atoms with Gasteiger partial charge < -0.3 is 14.4 Å². The van der Waals surface area contributed by atoms with E-state index in [2.05, 4.69) is 48.5 Å². The molecule has 4 aromatic rings. The summed E-state index contributed by atoms with van der Waals surface area (Å²) in [5, 5.41) is 0. The van der Waals surface area contributed by atoms with Gasteiger partial charge >= 0.3 is 6.09 Å². The van der Waals surface area contributed by atoms with Crippen LogP contribution in [0.15, 0.2) is 103 Å². The van der Waals surface area contributed by atoms with Gasteiger partial charge in [-0.05, 0) is 72.1 Å². The normalized spacial score (nSPS) is 20.9. The molecule has 2 bridgehead atoms. The fraction of sp³-hybridized carbons (Fsp3) is 0.297. The Morgan fingerprint density at radius 2 is 1.38 bits per heavy atom. The molecule has 0 aromatic heterocycles. The highest BCUT2D eigenvalue weighted by Gasteiger charge is 2.44. The monoisotopic (exact) mass is 557 g/mol. The molecule has 5 heteroatoms. The molecule has 2 atom stereocenters. The van der Waals surface area contributed by atoms with Crippen molar-refractivity contribution < 1.29 is 19.1 Å². The lowest BCUT2D eigenvalue weighted by Gasteiger charge is -2.47. The van der Waals surface area contributed by atoms with Crippen LogP contribution in [0.25, 0.3) is 11.1 Å². The van der Waals surface area contributed by atoms with Crippen LogP contribution in [-0.4, -0.2) is 35.5 Å². The van der Waals surface area contributed by atoms with Crippen molar-refractivity contribution in [2.24, 2.45) is 5.92 Å². The van der Waals surface area contributed by atoms with Crippen LogP contribution in [0.5, 0.6) is 5.75 Å². The highest BCUT2D eigenvalue weighted by Crippen LogP contribution is 2.45. The van der Waals surface area contributed by atoms with Gasteiger partial charge in [0.25, 0.3) is 0 Å². The first kappa shape index (κ1) is 26.5. The molecule has 3 aliphatic rings. The minimum Gasteiger partial charge on any atom is -0.489 e. The van der Waals surface area contributed by atoms with Crippen molar-refractivity contribution >= 4 is 11.9 Å². The second-order valence-corrected chi connectivity index (χ2v) is 11.8. The average molecular weight is 558 g/mol. The summed E-state index contributed by atoms with van der Waals surface area (Å²) in [5.74, 6) is 0.768. The zero-order valence-corrected chi connectivity index (χ0v) is 23.7. The molecule has 5 nitrogen and oxygen atoms in total. The number of carbonyl (C=O) groups excluding carboxylic acids is 2. The second-order valence-electron chi connectivity index (χ2n) is 11.8. The zero-order chi connectivity index (χ0) is 28.5. The minimum atomic E-state index is -0.242. The van der Waals surface area contributed by atoms with Gasteiger partial charge in [0.2, 0.25) is 0 Å². The molecular formula is C37H35NO4. The summed E-state index contributed by atoms with van der Waals surface area (Å²) in [7, 11) is 0. The van der Waals surface area contributed by atoms with Crippen molar-refractivity contribution in [1.82, 2.24) is 4.90 Å². The van der Waals surface area contributed by atoms with Gasteiger partial charge in [0.1, 0.15) is 19.0 Å². The van der Waals surface area contributed by atoms with Crippen LogP contribution in [0.3, 0.4) is 0 Å². The molecule has 1 amide bonds. The molecule has 2 aliphatic heterocycles. The van der Waals surface area contributed by atoms with E-state index in [0.29, 0.717) is 37.4 Å². The standard InChI is InChI=1S/C37H35NO4/c39-36(26-12-8-15-30(22-26)41-23-25-10-2-1-3-11-25)27-20-28-13-9-14-29(21-27)38(28)37(40)42-24-35-33-18-6-4-16-31(33)32-17-5-7-19-34(32)35/h1-8,10-12,15-19,22,27-29,35H,9,13-14,20-21,23-24H2. The Hall–Kier alpha value is -4.38. The van der Waals surface area contributed by atoms with Gasteiger partial charge in [-0.25, -0.2) is 4.79 Å². The number of rotatable bonds is 7. The van der Waals surface area contributed by atoms with Crippen LogP contribution < -0.4 is 4.74 Å². The average Bonchev–Trinajstić information content (AvgIpc) is 3.36. The van der Waals surface area contributed by atoms with E-state index in [1.54, 1.807) is 0 Å². The third-order valence-corrected chi connectivity index (χ3v) is 9.26. The fourth-order valence-electron chi connectivity index (χ4n) is 7.28. The Kier molecular flexibility index (Phi) is 7.25. The molecular weight excluding hydrogens is 522 g/mol. The van der Waals surface area contributed by atoms with Gasteiger partial charge in [0.15, 0.2) is 5.78 Å². The zero-order valence-electron chi connectivity index (χ0n) is 23.7. The number of hydrogen-bond acceptors (Lipinski definition) is 4. The van der Waals surface area contributed by atoms with Crippen molar-refractivity contribution in [1.29, 1.82) is 0 Å². The second kappa shape index (κ2) is 11.5. The van der Waals surface area contributed by atoms with Gasteiger partial charge in [0, 0.05) is 29.5 Å². The lowest BCUT2D eigenvalue weighted by molar-refractivity contribution is 0.00650. The lowest BCUT2D eigenvalue weighted by Crippen LogP contribution is -2.55. The van der Waals surface area contributed by atoms with Crippen LogP contribution in [0.2, 0.25) is 0 Å². The molecule has 2 unspecified atom stereocenters. The number of ether oxygens (including phenoxy) is 2. The summed E-state index contributed by atoms with van der Waals surface area (Å²) in [6.07, 6.45) is 4.00. The van der Waals surface area contributed by atoms with Crippen molar-refractivity contribution in [3.05, 3.63) is 125 Å². The van der Waals surface area contributed by atoms with Crippen molar-refractivity contribution in [3.63, 3.8) is 0 Å². The van der Waals surface area contributed by atoms with Crippen molar-refractivity contribution in [2.75, 3.05) is 6.61 Å². The van der Waals surface area contributed by atoms with Crippen molar-refractivity contribution in [3.8, 4) is 16.9 Å². The van der Waals surface area contributed by atoms with Crippen LogP contribution >= 0.6 is 0 Å². The molecule has 212 valence electrons. The Bertz CT molecular complexity index is 1540. The maximum absolute atomic E-state index is 13.7. The van der Waals surface area contributed by atoms with E-state index in [4.69, 9.17) is 9.47 Å². The first-order chi connectivity index (χ1) is 20.7. The molecule has 2 fully saturated rings. The highest BCUT2D eigenvalue weighted by molar-refractivity contribution is 5.98. The predicted octanol–water partition coefficient (Wildman–Crippen LogP) is 8.03. The van der Waals surface area contributed by atoms with Gasteiger partial charge in [-0.2, -0.15) is 0 Å². The molecule has 0 spiro atoms. The Morgan fingerprint density at radius 1 is 0.738 bits per heavy atom. The third-order valence-electron chi connectivity index (χ3n) is 9.26. The summed E-state index contributed by atoms with van der Waals surface area (Å²) in [5.41, 5.74) is 6.64. The van der Waals surface area contributed by atoms with Crippen LogP contribution in [0.1, 0.15) is 65.1 Å². The van der Waals surface area contributed by atoms with Gasteiger partial charge in [-0.3, -0.25) is 4.79 Å². The highest BCUT2D eigenvalue weighted by atomic mass is 16.6. The van der Waals surface area contributed by atoms with Gasteiger partial charge in [-0.1, -0.05) is 91.0 Å². The number of benzene rings is 4. The molecule has 42 heavy (non-hydrogen) atoms. The number of fused-ring (bicyclic) bond motifs is 5. The molecule has 7 rings (SSSR count). The van der Waals surface area contributed by atoms with E-state index in [9.17, 15) is 9.59 Å². The number of Topliss-reactive ketones (excluding diaryl/α,β-unsaturated/α-hetero) is 1. The SMILES string of the molecule is O=C(c1cccc(OCc2ccccc2)c1)C1CC2CCCC(C1)N2C(=O)OCC1c2ccccc2-c2ccccc21. The molecule has 4 aromatic carbocycles. The van der Waals surface area contributed by atoms with Gasteiger partial charge in [0.05, 0.1) is 0 Å². The van der Waals surface area contributed by atoms with E-state index in [0.717, 1.165) is 24.8 Å². The Balaban J connectivity index is 1.01. The van der Waals surface area contributed by atoms with Crippen LogP contribution in [0.4, 0.5) is 4.79 Å². The quantitative estimate of drug-likeness (QED) is 0.216. The summed E-state index contributed by atoms with van der Waals surface area (Å²) in [6, 6.07) is 34.4. The molecule has 0 saturated carbocycles. The molecule has 1 aliphatic carbocycles. The third kappa shape index (κ3) is 5.09. The van der Waals surface area contributed by atoms with E-state index in [1.165, 1.54) is 22.3 Å². The number of nitrogens with zero attached hydrogens (tertiary/aromatic N) is 1.